The van der Waals surface area contributed by atoms with Crippen LogP contribution in [-0.2, 0) is 24.3 Å². The summed E-state index contributed by atoms with van der Waals surface area (Å²) in [5.41, 5.74) is 0.688. The van der Waals surface area contributed by atoms with Crippen LogP contribution in [-0.4, -0.2) is 31.3 Å². The Labute approximate surface area is 173 Å². The van der Waals surface area contributed by atoms with E-state index in [-0.39, 0.29) is 16.5 Å². The maximum Gasteiger partial charge on any atom is 0.324 e. The summed E-state index contributed by atoms with van der Waals surface area (Å²) in [7, 11) is -4.02. The van der Waals surface area contributed by atoms with Crippen molar-refractivity contribution in [2.24, 2.45) is 0 Å². The average Bonchev–Trinajstić information content (AvgIpc) is 2.67. The number of carbonyl (C=O) groups excluding carboxylic acids is 2. The molecule has 10 nitrogen and oxygen atoms in total. The van der Waals surface area contributed by atoms with Crippen LogP contribution in [0.2, 0.25) is 0 Å². The van der Waals surface area contributed by atoms with Crippen LogP contribution in [0.3, 0.4) is 0 Å². The summed E-state index contributed by atoms with van der Waals surface area (Å²) >= 11 is 0. The van der Waals surface area contributed by atoms with Gasteiger partial charge in [-0.15, -0.1) is 0 Å². The molecule has 0 bridgehead atoms. The van der Waals surface area contributed by atoms with Gasteiger partial charge in [-0.25, -0.2) is 8.42 Å². The SMILES string of the molecule is CC(=O)Nc1ccc(S(=O)(=O)N[C@@H](C)C(=O)OC(C)c2cccc([N+](=O)[O-])c2)cc1. The average molecular weight is 435 g/mol. The Hall–Kier alpha value is -3.31. The molecule has 160 valence electrons. The van der Waals surface area contributed by atoms with Crippen LogP contribution in [0.1, 0.15) is 32.4 Å². The molecule has 0 saturated carbocycles. The van der Waals surface area contributed by atoms with Gasteiger partial charge >= 0.3 is 5.97 Å². The van der Waals surface area contributed by atoms with Crippen LogP contribution in [0, 0.1) is 10.1 Å². The number of rotatable bonds is 8. The highest BCUT2D eigenvalue weighted by molar-refractivity contribution is 7.89. The quantitative estimate of drug-likeness (QED) is 0.368. The lowest BCUT2D eigenvalue weighted by atomic mass is 10.1. The Bertz CT molecular complexity index is 1050. The van der Waals surface area contributed by atoms with Crippen LogP contribution in [0.4, 0.5) is 11.4 Å². The molecule has 2 aromatic rings. The molecular weight excluding hydrogens is 414 g/mol. The van der Waals surface area contributed by atoms with E-state index in [1.54, 1.807) is 6.07 Å². The molecule has 0 heterocycles. The minimum absolute atomic E-state index is 0.0945. The second kappa shape index (κ2) is 9.46. The van der Waals surface area contributed by atoms with Gasteiger partial charge in [0.2, 0.25) is 15.9 Å². The van der Waals surface area contributed by atoms with Crippen molar-refractivity contribution in [3.63, 3.8) is 0 Å². The first-order chi connectivity index (χ1) is 14.0. The van der Waals surface area contributed by atoms with Gasteiger partial charge in [-0.3, -0.25) is 19.7 Å². The maximum absolute atomic E-state index is 12.5. The van der Waals surface area contributed by atoms with E-state index in [0.29, 0.717) is 11.3 Å². The number of nitrogens with zero attached hydrogens (tertiary/aromatic N) is 1. The van der Waals surface area contributed by atoms with Crippen molar-refractivity contribution in [1.29, 1.82) is 0 Å². The van der Waals surface area contributed by atoms with Crippen molar-refractivity contribution in [3.05, 3.63) is 64.2 Å². The molecule has 1 amide bonds. The second-order valence-corrected chi connectivity index (χ2v) is 8.19. The van der Waals surface area contributed by atoms with Crippen LogP contribution >= 0.6 is 0 Å². The maximum atomic E-state index is 12.5. The Kier molecular flexibility index (Phi) is 7.24. The highest BCUT2D eigenvalue weighted by Gasteiger charge is 2.25. The molecule has 0 aromatic heterocycles. The number of nitro benzene ring substituents is 1. The summed E-state index contributed by atoms with van der Waals surface area (Å²) < 4.78 is 32.4. The molecule has 0 saturated heterocycles. The minimum Gasteiger partial charge on any atom is -0.457 e. The molecule has 2 N–H and O–H groups in total. The second-order valence-electron chi connectivity index (χ2n) is 6.48. The Morgan fingerprint density at radius 1 is 1.10 bits per heavy atom. The van der Waals surface area contributed by atoms with Gasteiger partial charge in [0.05, 0.1) is 9.82 Å². The lowest BCUT2D eigenvalue weighted by Crippen LogP contribution is -2.39. The fourth-order valence-corrected chi connectivity index (χ4v) is 3.70. The van der Waals surface area contributed by atoms with Gasteiger partial charge in [-0.05, 0) is 43.7 Å². The van der Waals surface area contributed by atoms with Crippen LogP contribution in [0.25, 0.3) is 0 Å². The number of hydrogen-bond acceptors (Lipinski definition) is 7. The molecule has 0 aliphatic carbocycles. The van der Waals surface area contributed by atoms with E-state index < -0.39 is 33.1 Å². The number of nitro groups is 1. The van der Waals surface area contributed by atoms with Gasteiger partial charge in [-0.1, -0.05) is 12.1 Å². The third-order valence-corrected chi connectivity index (χ3v) is 5.57. The van der Waals surface area contributed by atoms with Crippen molar-refractivity contribution in [2.45, 2.75) is 37.8 Å². The molecule has 0 aliphatic heterocycles. The van der Waals surface area contributed by atoms with Gasteiger partial charge in [0.25, 0.3) is 5.69 Å². The predicted octanol–water partition coefficient (Wildman–Crippen LogP) is 2.52. The summed E-state index contributed by atoms with van der Waals surface area (Å²) in [5, 5.41) is 13.4. The molecule has 2 atom stereocenters. The molecule has 1 unspecified atom stereocenters. The third-order valence-electron chi connectivity index (χ3n) is 4.01. The molecule has 0 radical (unpaired) electrons. The number of nitrogens with one attached hydrogen (secondary N) is 2. The molecule has 30 heavy (non-hydrogen) atoms. The molecular formula is C19H21N3O7S. The lowest BCUT2D eigenvalue weighted by Gasteiger charge is -2.18. The molecule has 0 fully saturated rings. The van der Waals surface area contributed by atoms with Gasteiger partial charge in [-0.2, -0.15) is 4.72 Å². The van der Waals surface area contributed by atoms with Gasteiger partial charge in [0, 0.05) is 24.7 Å². The molecule has 2 rings (SSSR count). The van der Waals surface area contributed by atoms with Crippen molar-refractivity contribution >= 4 is 33.3 Å². The Balaban J connectivity index is 2.04. The van der Waals surface area contributed by atoms with Crippen molar-refractivity contribution < 1.29 is 27.7 Å². The summed E-state index contributed by atoms with van der Waals surface area (Å²) in [5.74, 6) is -1.13. The van der Waals surface area contributed by atoms with Crippen molar-refractivity contribution in [1.82, 2.24) is 4.72 Å². The fraction of sp³-hybridized carbons (Fsp3) is 0.263. The summed E-state index contributed by atoms with van der Waals surface area (Å²) in [6.45, 7) is 4.18. The minimum atomic E-state index is -4.02. The first-order valence-electron chi connectivity index (χ1n) is 8.84. The monoisotopic (exact) mass is 435 g/mol. The zero-order valence-electron chi connectivity index (χ0n) is 16.5. The zero-order valence-corrected chi connectivity index (χ0v) is 17.3. The molecule has 0 spiro atoms. The van der Waals surface area contributed by atoms with Crippen molar-refractivity contribution in [3.8, 4) is 0 Å². The smallest absolute Gasteiger partial charge is 0.324 e. The van der Waals surface area contributed by atoms with E-state index >= 15 is 0 Å². The number of amides is 1. The van der Waals surface area contributed by atoms with Gasteiger partial charge < -0.3 is 10.1 Å². The van der Waals surface area contributed by atoms with Gasteiger partial charge in [0.1, 0.15) is 12.1 Å². The molecule has 11 heteroatoms. The third kappa shape index (κ3) is 6.09. The number of anilines is 1. The topological polar surface area (TPSA) is 145 Å². The number of sulfonamides is 1. The van der Waals surface area contributed by atoms with E-state index in [4.69, 9.17) is 4.74 Å². The van der Waals surface area contributed by atoms with Crippen molar-refractivity contribution in [2.75, 3.05) is 5.32 Å². The molecule has 0 aliphatic rings. The number of benzene rings is 2. The standard InChI is InChI=1S/C19H21N3O7S/c1-12(19(24)29-13(2)15-5-4-6-17(11-15)22(25)26)21-30(27,28)18-9-7-16(8-10-18)20-14(3)23/h4-13,21H,1-3H3,(H,20,23)/t12-,13?/m0/s1. The number of ether oxygens (including phenoxy) is 1. The summed E-state index contributed by atoms with van der Waals surface area (Å²) in [6.07, 6.45) is -0.818. The van der Waals surface area contributed by atoms with E-state index in [1.165, 1.54) is 63.2 Å². The largest absolute Gasteiger partial charge is 0.457 e. The van der Waals surface area contributed by atoms with Gasteiger partial charge in [0.15, 0.2) is 0 Å². The first-order valence-corrected chi connectivity index (χ1v) is 10.3. The highest BCUT2D eigenvalue weighted by Crippen LogP contribution is 2.22. The normalized spacial score (nSPS) is 13.2. The zero-order chi connectivity index (χ0) is 22.5. The summed E-state index contributed by atoms with van der Waals surface area (Å²) in [6, 6.07) is 9.84. The predicted molar refractivity (Wildman–Crippen MR) is 108 cm³/mol. The summed E-state index contributed by atoms with van der Waals surface area (Å²) in [4.78, 5) is 33.5. The van der Waals surface area contributed by atoms with E-state index in [9.17, 15) is 28.1 Å². The Morgan fingerprint density at radius 2 is 1.73 bits per heavy atom. The van der Waals surface area contributed by atoms with E-state index in [2.05, 4.69) is 10.0 Å². The van der Waals surface area contributed by atoms with Crippen LogP contribution in [0.5, 0.6) is 0 Å². The Morgan fingerprint density at radius 3 is 2.30 bits per heavy atom. The first kappa shape index (κ1) is 23.0. The van der Waals surface area contributed by atoms with Crippen LogP contribution in [0.15, 0.2) is 53.4 Å². The number of hydrogen-bond donors (Lipinski definition) is 2. The fourth-order valence-electron chi connectivity index (χ4n) is 2.51. The lowest BCUT2D eigenvalue weighted by molar-refractivity contribution is -0.385. The molecule has 2 aromatic carbocycles. The van der Waals surface area contributed by atoms with E-state index in [1.807, 2.05) is 0 Å². The highest BCUT2D eigenvalue weighted by atomic mass is 32.2. The number of non-ortho nitro benzene ring substituents is 1. The number of carbonyl (C=O) groups is 2. The van der Waals surface area contributed by atoms with E-state index in [0.717, 1.165) is 0 Å². The number of esters is 1. The van der Waals surface area contributed by atoms with Crippen LogP contribution < -0.4 is 10.0 Å².